The first-order valence-electron chi connectivity index (χ1n) is 4.06. The Balaban J connectivity index is 0.000000980. The number of rotatable bonds is 2. The summed E-state index contributed by atoms with van der Waals surface area (Å²) >= 11 is 0. The van der Waals surface area contributed by atoms with Crippen LogP contribution in [0.3, 0.4) is 0 Å². The minimum Gasteiger partial charge on any atom is -0.325 e. The highest BCUT2D eigenvalue weighted by Crippen LogP contribution is 2.03. The molecule has 0 aliphatic carbocycles. The van der Waals surface area contributed by atoms with E-state index < -0.39 is 0 Å². The first-order valence-corrected chi connectivity index (χ1v) is 4.06. The molecule has 2 heterocycles. The fraction of sp³-hybridized carbons (Fsp3) is 0.111. The summed E-state index contributed by atoms with van der Waals surface area (Å²) in [5.74, 6) is 0.799. The molecule has 0 fully saturated rings. The summed E-state index contributed by atoms with van der Waals surface area (Å²) in [6, 6.07) is 7.57. The van der Waals surface area contributed by atoms with Crippen LogP contribution in [0.1, 0.15) is 5.69 Å². The van der Waals surface area contributed by atoms with Gasteiger partial charge in [-0.05, 0) is 18.2 Å². The third-order valence-corrected chi connectivity index (χ3v) is 1.74. The second kappa shape index (κ2) is 6.40. The van der Waals surface area contributed by atoms with Crippen LogP contribution in [-0.4, -0.2) is 14.8 Å². The molecule has 0 spiro atoms. The number of pyridine rings is 1. The van der Waals surface area contributed by atoms with Crippen molar-refractivity contribution in [2.24, 2.45) is 5.73 Å². The van der Waals surface area contributed by atoms with Gasteiger partial charge in [0, 0.05) is 18.9 Å². The Bertz CT molecular complexity index is 389. The Hall–Kier alpha value is -1.10. The summed E-state index contributed by atoms with van der Waals surface area (Å²) in [7, 11) is 0. The van der Waals surface area contributed by atoms with Gasteiger partial charge in [0.15, 0.2) is 5.82 Å². The van der Waals surface area contributed by atoms with Gasteiger partial charge in [0.2, 0.25) is 0 Å². The molecule has 4 nitrogen and oxygen atoms in total. The standard InChI is InChI=1S/C9H10N4.2ClH/c10-7-8-3-1-4-9(12-8)13-6-2-5-11-13;;/h1-6H,7,10H2;2*1H. The molecule has 0 amide bonds. The fourth-order valence-corrected chi connectivity index (χ4v) is 1.11. The van der Waals surface area contributed by atoms with E-state index >= 15 is 0 Å². The van der Waals surface area contributed by atoms with E-state index in [1.807, 2.05) is 30.5 Å². The average Bonchev–Trinajstić information content (AvgIpc) is 2.71. The molecule has 82 valence electrons. The zero-order valence-corrected chi connectivity index (χ0v) is 9.54. The van der Waals surface area contributed by atoms with E-state index in [0.29, 0.717) is 6.54 Å². The van der Waals surface area contributed by atoms with Crippen LogP contribution in [0, 0.1) is 0 Å². The lowest BCUT2D eigenvalue weighted by Gasteiger charge is -2.01. The number of hydrogen-bond donors (Lipinski definition) is 1. The SMILES string of the molecule is Cl.Cl.NCc1cccc(-n2cccn2)n1. The van der Waals surface area contributed by atoms with E-state index in [4.69, 9.17) is 5.73 Å². The van der Waals surface area contributed by atoms with Crippen LogP contribution in [0.5, 0.6) is 0 Å². The summed E-state index contributed by atoms with van der Waals surface area (Å²) in [6.07, 6.45) is 3.57. The largest absolute Gasteiger partial charge is 0.325 e. The molecule has 15 heavy (non-hydrogen) atoms. The fourth-order valence-electron chi connectivity index (χ4n) is 1.11. The van der Waals surface area contributed by atoms with Crippen molar-refractivity contribution < 1.29 is 0 Å². The monoisotopic (exact) mass is 246 g/mol. The van der Waals surface area contributed by atoms with Gasteiger partial charge in [-0.3, -0.25) is 0 Å². The molecule has 2 N–H and O–H groups in total. The van der Waals surface area contributed by atoms with E-state index in [-0.39, 0.29) is 24.8 Å². The second-order valence-electron chi connectivity index (χ2n) is 2.64. The Labute approximate surface area is 100 Å². The van der Waals surface area contributed by atoms with Crippen LogP contribution in [0.2, 0.25) is 0 Å². The van der Waals surface area contributed by atoms with Gasteiger partial charge in [-0.2, -0.15) is 5.10 Å². The number of nitrogens with zero attached hydrogens (tertiary/aromatic N) is 3. The van der Waals surface area contributed by atoms with Crippen LogP contribution in [0.4, 0.5) is 0 Å². The molecule has 0 radical (unpaired) electrons. The van der Waals surface area contributed by atoms with Crippen molar-refractivity contribution in [3.05, 3.63) is 42.4 Å². The van der Waals surface area contributed by atoms with Gasteiger partial charge in [-0.15, -0.1) is 24.8 Å². The summed E-state index contributed by atoms with van der Waals surface area (Å²) < 4.78 is 1.71. The van der Waals surface area contributed by atoms with Gasteiger partial charge in [-0.1, -0.05) is 6.07 Å². The van der Waals surface area contributed by atoms with E-state index in [1.165, 1.54) is 0 Å². The highest BCUT2D eigenvalue weighted by atomic mass is 35.5. The van der Waals surface area contributed by atoms with Gasteiger partial charge in [0.25, 0.3) is 0 Å². The Morgan fingerprint density at radius 3 is 2.60 bits per heavy atom. The second-order valence-corrected chi connectivity index (χ2v) is 2.64. The minimum absolute atomic E-state index is 0. The smallest absolute Gasteiger partial charge is 0.153 e. The zero-order chi connectivity index (χ0) is 9.10. The number of aromatic nitrogens is 3. The average molecular weight is 247 g/mol. The minimum atomic E-state index is 0. The summed E-state index contributed by atoms with van der Waals surface area (Å²) in [6.45, 7) is 0.453. The predicted molar refractivity (Wildman–Crippen MR) is 63.7 cm³/mol. The first-order chi connectivity index (χ1) is 6.40. The van der Waals surface area contributed by atoms with E-state index in [9.17, 15) is 0 Å². The van der Waals surface area contributed by atoms with Crippen molar-refractivity contribution >= 4 is 24.8 Å². The van der Waals surface area contributed by atoms with Gasteiger partial charge in [-0.25, -0.2) is 9.67 Å². The van der Waals surface area contributed by atoms with E-state index in [0.717, 1.165) is 11.5 Å². The quantitative estimate of drug-likeness (QED) is 0.876. The topological polar surface area (TPSA) is 56.7 Å². The Morgan fingerprint density at radius 2 is 2.00 bits per heavy atom. The van der Waals surface area contributed by atoms with Crippen LogP contribution >= 0.6 is 24.8 Å². The number of hydrogen-bond acceptors (Lipinski definition) is 3. The molecule has 0 aliphatic rings. The van der Waals surface area contributed by atoms with Crippen LogP contribution in [0.25, 0.3) is 5.82 Å². The van der Waals surface area contributed by atoms with Crippen molar-refractivity contribution in [1.29, 1.82) is 0 Å². The lowest BCUT2D eigenvalue weighted by molar-refractivity contribution is 0.829. The summed E-state index contributed by atoms with van der Waals surface area (Å²) in [4.78, 5) is 4.31. The molecule has 0 aromatic carbocycles. The van der Waals surface area contributed by atoms with Crippen molar-refractivity contribution in [2.45, 2.75) is 6.54 Å². The molecule has 2 rings (SSSR count). The Kier molecular flexibility index (Phi) is 5.93. The third kappa shape index (κ3) is 3.20. The summed E-state index contributed by atoms with van der Waals surface area (Å²) in [5.41, 5.74) is 6.35. The molecule has 0 saturated heterocycles. The normalized spacial score (nSPS) is 8.87. The van der Waals surface area contributed by atoms with Crippen LogP contribution in [0.15, 0.2) is 36.7 Å². The lowest BCUT2D eigenvalue weighted by atomic mass is 10.3. The van der Waals surface area contributed by atoms with Gasteiger partial charge < -0.3 is 5.73 Å². The molecule has 2 aromatic rings. The molecular weight excluding hydrogens is 235 g/mol. The molecule has 6 heteroatoms. The predicted octanol–water partition coefficient (Wildman–Crippen LogP) is 1.57. The third-order valence-electron chi connectivity index (χ3n) is 1.74. The van der Waals surface area contributed by atoms with Gasteiger partial charge in [0.05, 0.1) is 5.69 Å². The van der Waals surface area contributed by atoms with Gasteiger partial charge in [0.1, 0.15) is 0 Å². The highest BCUT2D eigenvalue weighted by Gasteiger charge is 1.97. The molecule has 0 unspecified atom stereocenters. The molecule has 2 aromatic heterocycles. The molecular formula is C9H12Cl2N4. The van der Waals surface area contributed by atoms with E-state index in [2.05, 4.69) is 10.1 Å². The molecule has 0 atom stereocenters. The first kappa shape index (κ1) is 13.9. The van der Waals surface area contributed by atoms with Crippen molar-refractivity contribution in [3.63, 3.8) is 0 Å². The number of nitrogens with two attached hydrogens (primary N) is 1. The maximum atomic E-state index is 5.48. The lowest BCUT2D eigenvalue weighted by Crippen LogP contribution is -2.04. The number of halogens is 2. The van der Waals surface area contributed by atoms with Gasteiger partial charge >= 0.3 is 0 Å². The highest BCUT2D eigenvalue weighted by molar-refractivity contribution is 5.85. The molecule has 0 bridgehead atoms. The van der Waals surface area contributed by atoms with Crippen molar-refractivity contribution in [3.8, 4) is 5.82 Å². The zero-order valence-electron chi connectivity index (χ0n) is 7.91. The van der Waals surface area contributed by atoms with Crippen molar-refractivity contribution in [1.82, 2.24) is 14.8 Å². The molecule has 0 saturated carbocycles. The maximum absolute atomic E-state index is 5.48. The van der Waals surface area contributed by atoms with Crippen molar-refractivity contribution in [2.75, 3.05) is 0 Å². The van der Waals surface area contributed by atoms with Crippen LogP contribution in [-0.2, 0) is 6.54 Å². The van der Waals surface area contributed by atoms with E-state index in [1.54, 1.807) is 10.9 Å². The van der Waals surface area contributed by atoms with Crippen LogP contribution < -0.4 is 5.73 Å². The summed E-state index contributed by atoms with van der Waals surface area (Å²) in [5, 5.41) is 4.08. The Morgan fingerprint density at radius 1 is 1.20 bits per heavy atom. The molecule has 0 aliphatic heterocycles. The maximum Gasteiger partial charge on any atom is 0.153 e.